The highest BCUT2D eigenvalue weighted by Gasteiger charge is 2.28. The molecule has 0 aliphatic heterocycles. The summed E-state index contributed by atoms with van der Waals surface area (Å²) < 4.78 is 0. The van der Waals surface area contributed by atoms with Gasteiger partial charge in [-0.1, -0.05) is 37.6 Å². The number of carboxylic acids is 1. The van der Waals surface area contributed by atoms with Crippen LogP contribution >= 0.6 is 11.6 Å². The number of hydrogen-bond donors (Lipinski definition) is 4. The standard InChI is InChI=1S/C23H26ClN3O6/c1-13(2)9-20(29)27(26-14(3)23(32)33)22(31)18-8-7-16(11-19(18)24)21(30)25-12-15-5-4-6-17(28)10-15/h4-8,10-11,13-14,26,28H,9,12H2,1-3H3,(H,25,30)(H,32,33)/t14-/m0/s1. The number of phenolic OH excluding ortho intramolecular Hbond substituents is 1. The largest absolute Gasteiger partial charge is 0.508 e. The zero-order chi connectivity index (χ0) is 24.7. The Labute approximate surface area is 196 Å². The number of phenols is 1. The number of imide groups is 1. The van der Waals surface area contributed by atoms with Gasteiger partial charge in [-0.2, -0.15) is 0 Å². The molecule has 0 radical (unpaired) electrons. The van der Waals surface area contributed by atoms with Crippen LogP contribution in [0.3, 0.4) is 0 Å². The van der Waals surface area contributed by atoms with Crippen LogP contribution in [-0.2, 0) is 16.1 Å². The number of nitrogens with one attached hydrogen (secondary N) is 2. The second-order valence-corrected chi connectivity index (χ2v) is 8.28. The summed E-state index contributed by atoms with van der Waals surface area (Å²) in [6, 6.07) is 9.19. The highest BCUT2D eigenvalue weighted by molar-refractivity contribution is 6.34. The van der Waals surface area contributed by atoms with E-state index in [0.29, 0.717) is 10.6 Å². The molecule has 0 saturated carbocycles. The van der Waals surface area contributed by atoms with Gasteiger partial charge in [-0.3, -0.25) is 19.2 Å². The molecular weight excluding hydrogens is 450 g/mol. The number of nitrogens with zero attached hydrogens (tertiary/aromatic N) is 1. The molecule has 0 bridgehead atoms. The van der Waals surface area contributed by atoms with Crippen molar-refractivity contribution in [3.63, 3.8) is 0 Å². The van der Waals surface area contributed by atoms with Crippen LogP contribution in [0.5, 0.6) is 5.75 Å². The Bertz CT molecular complexity index is 1060. The molecule has 0 saturated heterocycles. The minimum absolute atomic E-state index is 0.0121. The second-order valence-electron chi connectivity index (χ2n) is 7.87. The van der Waals surface area contributed by atoms with E-state index in [1.54, 1.807) is 26.0 Å². The monoisotopic (exact) mass is 475 g/mol. The van der Waals surface area contributed by atoms with Crippen LogP contribution < -0.4 is 10.7 Å². The van der Waals surface area contributed by atoms with Crippen molar-refractivity contribution in [2.24, 2.45) is 5.92 Å². The van der Waals surface area contributed by atoms with Crippen molar-refractivity contribution in [2.45, 2.75) is 39.8 Å². The Hall–Kier alpha value is -3.43. The summed E-state index contributed by atoms with van der Waals surface area (Å²) in [6.07, 6.45) is 0.0121. The number of carbonyl (C=O) groups excluding carboxylic acids is 3. The topological polar surface area (TPSA) is 136 Å². The molecule has 1 atom stereocenters. The van der Waals surface area contributed by atoms with Gasteiger partial charge in [0, 0.05) is 18.5 Å². The van der Waals surface area contributed by atoms with Gasteiger partial charge in [-0.15, -0.1) is 0 Å². The fraction of sp³-hybridized carbons (Fsp3) is 0.304. The molecule has 0 heterocycles. The number of hydrogen-bond acceptors (Lipinski definition) is 6. The lowest BCUT2D eigenvalue weighted by Crippen LogP contribution is -2.53. The van der Waals surface area contributed by atoms with E-state index >= 15 is 0 Å². The average molecular weight is 476 g/mol. The molecule has 0 unspecified atom stereocenters. The Morgan fingerprint density at radius 2 is 1.76 bits per heavy atom. The summed E-state index contributed by atoms with van der Waals surface area (Å²) >= 11 is 6.24. The van der Waals surface area contributed by atoms with Crippen molar-refractivity contribution < 1.29 is 29.4 Å². The van der Waals surface area contributed by atoms with E-state index in [0.717, 1.165) is 0 Å². The number of carboxylic acid groups (broad SMARTS) is 1. The molecule has 9 nitrogen and oxygen atoms in total. The number of aliphatic carboxylic acids is 1. The molecule has 0 spiro atoms. The predicted octanol–water partition coefficient (Wildman–Crippen LogP) is 2.97. The number of hydrazine groups is 1. The molecule has 0 aliphatic rings. The lowest BCUT2D eigenvalue weighted by Gasteiger charge is -2.25. The van der Waals surface area contributed by atoms with E-state index in [-0.39, 0.29) is 40.8 Å². The first-order valence-electron chi connectivity index (χ1n) is 10.2. The molecule has 3 amide bonds. The Morgan fingerprint density at radius 1 is 1.06 bits per heavy atom. The van der Waals surface area contributed by atoms with E-state index in [4.69, 9.17) is 16.7 Å². The van der Waals surface area contributed by atoms with Gasteiger partial charge in [-0.05, 0) is 48.7 Å². The fourth-order valence-corrected chi connectivity index (χ4v) is 3.10. The first-order chi connectivity index (χ1) is 15.5. The molecule has 2 rings (SSSR count). The normalized spacial score (nSPS) is 11.7. The first kappa shape index (κ1) is 25.8. The average Bonchev–Trinajstić information content (AvgIpc) is 2.74. The quantitative estimate of drug-likeness (QED) is 0.409. The van der Waals surface area contributed by atoms with Crippen LogP contribution in [0.1, 0.15) is 53.5 Å². The van der Waals surface area contributed by atoms with Gasteiger partial charge in [-0.25, -0.2) is 10.4 Å². The van der Waals surface area contributed by atoms with Crippen molar-refractivity contribution in [1.29, 1.82) is 0 Å². The zero-order valence-corrected chi connectivity index (χ0v) is 19.2. The third-order valence-electron chi connectivity index (χ3n) is 4.55. The lowest BCUT2D eigenvalue weighted by molar-refractivity contribution is -0.142. The molecule has 10 heteroatoms. The Kier molecular flexibility index (Phi) is 8.95. The maximum absolute atomic E-state index is 13.0. The van der Waals surface area contributed by atoms with Crippen LogP contribution in [0.25, 0.3) is 0 Å². The van der Waals surface area contributed by atoms with Crippen LogP contribution in [-0.4, -0.2) is 45.0 Å². The molecule has 0 aliphatic carbocycles. The number of aromatic hydroxyl groups is 1. The van der Waals surface area contributed by atoms with Crippen LogP contribution in [0, 0.1) is 5.92 Å². The summed E-state index contributed by atoms with van der Waals surface area (Å²) in [6.45, 7) is 5.05. The number of amides is 3. The lowest BCUT2D eigenvalue weighted by atomic mass is 10.1. The van der Waals surface area contributed by atoms with E-state index in [1.165, 1.54) is 37.3 Å². The van der Waals surface area contributed by atoms with Crippen molar-refractivity contribution in [1.82, 2.24) is 15.8 Å². The second kappa shape index (κ2) is 11.4. The van der Waals surface area contributed by atoms with E-state index < -0.39 is 29.7 Å². The number of rotatable bonds is 9. The maximum atomic E-state index is 13.0. The summed E-state index contributed by atoms with van der Waals surface area (Å²) in [7, 11) is 0. The molecule has 2 aromatic rings. The molecule has 176 valence electrons. The van der Waals surface area contributed by atoms with Crippen LogP contribution in [0.15, 0.2) is 42.5 Å². The minimum atomic E-state index is -1.24. The fourth-order valence-electron chi connectivity index (χ4n) is 2.83. The zero-order valence-electron chi connectivity index (χ0n) is 18.5. The maximum Gasteiger partial charge on any atom is 0.322 e. The Morgan fingerprint density at radius 3 is 2.33 bits per heavy atom. The molecule has 33 heavy (non-hydrogen) atoms. The summed E-state index contributed by atoms with van der Waals surface area (Å²) in [5.74, 6) is -3.12. The van der Waals surface area contributed by atoms with Gasteiger partial charge >= 0.3 is 5.97 Å². The third-order valence-corrected chi connectivity index (χ3v) is 4.87. The smallest absolute Gasteiger partial charge is 0.322 e. The highest BCUT2D eigenvalue weighted by atomic mass is 35.5. The minimum Gasteiger partial charge on any atom is -0.508 e. The van der Waals surface area contributed by atoms with Gasteiger partial charge in [0.05, 0.1) is 10.6 Å². The number of halogens is 1. The Balaban J connectivity index is 2.20. The van der Waals surface area contributed by atoms with E-state index in [2.05, 4.69) is 10.7 Å². The SMILES string of the molecule is CC(C)CC(=O)N(N[C@@H](C)C(=O)O)C(=O)c1ccc(C(=O)NCc2cccc(O)c2)cc1Cl. The van der Waals surface area contributed by atoms with Crippen molar-refractivity contribution in [2.75, 3.05) is 0 Å². The molecule has 0 fully saturated rings. The summed E-state index contributed by atoms with van der Waals surface area (Å²) in [5.41, 5.74) is 3.22. The number of carbonyl (C=O) groups is 4. The van der Waals surface area contributed by atoms with Crippen molar-refractivity contribution in [3.05, 3.63) is 64.2 Å². The van der Waals surface area contributed by atoms with Crippen LogP contribution in [0.2, 0.25) is 5.02 Å². The van der Waals surface area contributed by atoms with Crippen molar-refractivity contribution >= 4 is 35.3 Å². The van der Waals surface area contributed by atoms with Gasteiger partial charge in [0.25, 0.3) is 11.8 Å². The molecule has 4 N–H and O–H groups in total. The summed E-state index contributed by atoms with van der Waals surface area (Å²) in [5, 5.41) is 21.9. The van der Waals surface area contributed by atoms with Crippen LogP contribution in [0.4, 0.5) is 0 Å². The molecule has 2 aromatic carbocycles. The van der Waals surface area contributed by atoms with E-state index in [9.17, 15) is 24.3 Å². The van der Waals surface area contributed by atoms with Gasteiger partial charge < -0.3 is 15.5 Å². The molecule has 0 aromatic heterocycles. The first-order valence-corrected chi connectivity index (χ1v) is 10.6. The number of benzene rings is 2. The molecular formula is C23H26ClN3O6. The highest BCUT2D eigenvalue weighted by Crippen LogP contribution is 2.21. The van der Waals surface area contributed by atoms with Gasteiger partial charge in [0.15, 0.2) is 0 Å². The predicted molar refractivity (Wildman–Crippen MR) is 122 cm³/mol. The van der Waals surface area contributed by atoms with Gasteiger partial charge in [0.2, 0.25) is 5.91 Å². The van der Waals surface area contributed by atoms with Gasteiger partial charge in [0.1, 0.15) is 11.8 Å². The third kappa shape index (κ3) is 7.30. The summed E-state index contributed by atoms with van der Waals surface area (Å²) in [4.78, 5) is 49.3. The van der Waals surface area contributed by atoms with Crippen molar-refractivity contribution in [3.8, 4) is 5.75 Å². The van der Waals surface area contributed by atoms with E-state index in [1.807, 2.05) is 0 Å².